The summed E-state index contributed by atoms with van der Waals surface area (Å²) in [4.78, 5) is 39.6. The molecule has 272 valence electrons. The van der Waals surface area contributed by atoms with Gasteiger partial charge in [-0.2, -0.15) is 0 Å². The lowest BCUT2D eigenvalue weighted by Gasteiger charge is -2.39. The van der Waals surface area contributed by atoms with Crippen LogP contribution in [0.25, 0.3) is 12.2 Å². The van der Waals surface area contributed by atoms with Gasteiger partial charge in [-0.1, -0.05) is 24.3 Å². The highest BCUT2D eigenvalue weighted by molar-refractivity contribution is 5.82. The van der Waals surface area contributed by atoms with Crippen LogP contribution in [0.3, 0.4) is 0 Å². The second kappa shape index (κ2) is 13.8. The highest BCUT2D eigenvalue weighted by atomic mass is 16.7. The first-order valence-electron chi connectivity index (χ1n) is 16.6. The van der Waals surface area contributed by atoms with Crippen LogP contribution in [0.2, 0.25) is 0 Å². The number of benzene rings is 2. The van der Waals surface area contributed by atoms with Crippen molar-refractivity contribution in [1.82, 2.24) is 0 Å². The van der Waals surface area contributed by atoms with Crippen molar-refractivity contribution >= 4 is 30.1 Å². The number of hydrogen-bond donors (Lipinski definition) is 0. The molecule has 12 nitrogen and oxygen atoms in total. The van der Waals surface area contributed by atoms with E-state index in [-0.39, 0.29) is 51.1 Å². The Balaban J connectivity index is 1.32. The lowest BCUT2D eigenvalue weighted by Crippen LogP contribution is -2.50. The highest BCUT2D eigenvalue weighted by Crippen LogP contribution is 2.35. The van der Waals surface area contributed by atoms with Crippen LogP contribution in [0.5, 0.6) is 17.2 Å². The summed E-state index contributed by atoms with van der Waals surface area (Å²) in [7, 11) is 0. The van der Waals surface area contributed by atoms with E-state index < -0.39 is 51.5 Å². The minimum atomic E-state index is -1.05. The maximum atomic E-state index is 13.4. The Morgan fingerprint density at radius 3 is 1.10 bits per heavy atom. The van der Waals surface area contributed by atoms with Gasteiger partial charge in [0, 0.05) is 6.07 Å². The molecule has 3 aliphatic heterocycles. The Hall–Kier alpha value is -3.65. The Morgan fingerprint density at radius 2 is 0.760 bits per heavy atom. The summed E-state index contributed by atoms with van der Waals surface area (Å²) in [5.41, 5.74) is -1.65. The molecular weight excluding hydrogens is 648 g/mol. The van der Waals surface area contributed by atoms with Crippen molar-refractivity contribution in [3.63, 3.8) is 0 Å². The Bertz CT molecular complexity index is 1520. The Kier molecular flexibility index (Phi) is 10.4. The van der Waals surface area contributed by atoms with Crippen molar-refractivity contribution in [3.05, 3.63) is 53.6 Å². The minimum absolute atomic E-state index is 0.110. The predicted molar refractivity (Wildman–Crippen MR) is 181 cm³/mol. The molecule has 0 N–H and O–H groups in total. The summed E-state index contributed by atoms with van der Waals surface area (Å²) >= 11 is 0. The Labute approximate surface area is 293 Å². The van der Waals surface area contributed by atoms with Gasteiger partial charge in [-0.25, -0.2) is 0 Å². The third kappa shape index (κ3) is 9.17. The first-order valence-corrected chi connectivity index (χ1v) is 16.6. The molecule has 0 amide bonds. The summed E-state index contributed by atoms with van der Waals surface area (Å²) in [5.74, 6) is -3.20. The zero-order valence-electron chi connectivity index (χ0n) is 30.3. The maximum Gasteiger partial charge on any atom is 0.321 e. The maximum absolute atomic E-state index is 13.4. The van der Waals surface area contributed by atoms with Gasteiger partial charge in [0.05, 0.1) is 39.6 Å². The molecule has 0 atom stereocenters. The molecule has 0 radical (unpaired) electrons. The SMILES string of the molecule is CC1(C)OCC(C)(C(=O)Oc2ccc(/C=C/c3cc(OC(=O)C4(C)COC(C)(C)OC4)cc(OC(=O)C4(C)COC(C)(C)OC4)c3)cc2)CO1. The molecule has 50 heavy (non-hydrogen) atoms. The largest absolute Gasteiger partial charge is 0.426 e. The third-order valence-electron chi connectivity index (χ3n) is 8.79. The van der Waals surface area contributed by atoms with Crippen molar-refractivity contribution < 1.29 is 57.0 Å². The number of esters is 3. The lowest BCUT2D eigenvalue weighted by molar-refractivity contribution is -0.280. The fourth-order valence-corrected chi connectivity index (χ4v) is 4.94. The van der Waals surface area contributed by atoms with Gasteiger partial charge in [-0.15, -0.1) is 0 Å². The molecule has 3 saturated heterocycles. The molecule has 0 saturated carbocycles. The molecule has 0 aliphatic carbocycles. The zero-order valence-corrected chi connectivity index (χ0v) is 30.3. The second-order valence-corrected chi connectivity index (χ2v) is 15.4. The van der Waals surface area contributed by atoms with E-state index in [0.717, 1.165) is 5.56 Å². The van der Waals surface area contributed by atoms with Crippen molar-refractivity contribution in [3.8, 4) is 17.2 Å². The van der Waals surface area contributed by atoms with Crippen LogP contribution in [-0.4, -0.2) is 74.9 Å². The average Bonchev–Trinajstić information content (AvgIpc) is 3.05. The van der Waals surface area contributed by atoms with Crippen LogP contribution < -0.4 is 14.2 Å². The summed E-state index contributed by atoms with van der Waals surface area (Å²) in [6, 6.07) is 11.8. The zero-order chi connectivity index (χ0) is 36.6. The van der Waals surface area contributed by atoms with Gasteiger partial charge in [0.15, 0.2) is 17.4 Å². The van der Waals surface area contributed by atoms with Gasteiger partial charge in [-0.3, -0.25) is 14.4 Å². The van der Waals surface area contributed by atoms with E-state index >= 15 is 0 Å². The molecule has 3 heterocycles. The lowest BCUT2D eigenvalue weighted by atomic mass is 9.91. The predicted octanol–water partition coefficient (Wildman–Crippen LogP) is 5.94. The first-order chi connectivity index (χ1) is 23.2. The fraction of sp³-hybridized carbons (Fsp3) is 0.553. The molecule has 2 aromatic rings. The first kappa shape index (κ1) is 37.6. The molecule has 0 unspecified atom stereocenters. The van der Waals surface area contributed by atoms with E-state index in [1.165, 1.54) is 6.07 Å². The molecule has 12 heteroatoms. The van der Waals surface area contributed by atoms with Gasteiger partial charge in [0.1, 0.15) is 33.5 Å². The molecular formula is C38H48O12. The van der Waals surface area contributed by atoms with Crippen molar-refractivity contribution in [2.45, 2.75) is 79.7 Å². The molecule has 3 aliphatic rings. The van der Waals surface area contributed by atoms with Crippen molar-refractivity contribution in [2.24, 2.45) is 16.2 Å². The minimum Gasteiger partial charge on any atom is -0.426 e. The Morgan fingerprint density at radius 1 is 0.460 bits per heavy atom. The summed E-state index contributed by atoms with van der Waals surface area (Å²) < 4.78 is 51.5. The van der Waals surface area contributed by atoms with Crippen molar-refractivity contribution in [1.29, 1.82) is 0 Å². The second-order valence-electron chi connectivity index (χ2n) is 15.4. The van der Waals surface area contributed by atoms with Gasteiger partial charge in [0.2, 0.25) is 0 Å². The fourth-order valence-electron chi connectivity index (χ4n) is 4.94. The van der Waals surface area contributed by atoms with Crippen LogP contribution in [0.4, 0.5) is 0 Å². The van der Waals surface area contributed by atoms with E-state index in [1.807, 2.05) is 6.08 Å². The normalized spacial score (nSPS) is 23.1. The number of hydrogen-bond acceptors (Lipinski definition) is 12. The molecule has 0 spiro atoms. The monoisotopic (exact) mass is 696 g/mol. The van der Waals surface area contributed by atoms with Crippen LogP contribution in [-0.2, 0) is 42.8 Å². The van der Waals surface area contributed by atoms with Gasteiger partial charge in [-0.05, 0) is 97.7 Å². The average molecular weight is 697 g/mol. The van der Waals surface area contributed by atoms with Gasteiger partial charge >= 0.3 is 17.9 Å². The van der Waals surface area contributed by atoms with Gasteiger partial charge in [0.25, 0.3) is 0 Å². The molecule has 3 fully saturated rings. The number of rotatable bonds is 8. The quantitative estimate of drug-likeness (QED) is 0.184. The molecule has 5 rings (SSSR count). The highest BCUT2D eigenvalue weighted by Gasteiger charge is 2.46. The summed E-state index contributed by atoms with van der Waals surface area (Å²) in [6.45, 7) is 16.7. The third-order valence-corrected chi connectivity index (χ3v) is 8.79. The topological polar surface area (TPSA) is 134 Å². The van der Waals surface area contributed by atoms with Crippen LogP contribution in [0.15, 0.2) is 42.5 Å². The molecule has 2 aromatic carbocycles. The van der Waals surface area contributed by atoms with Crippen molar-refractivity contribution in [2.75, 3.05) is 39.6 Å². The van der Waals surface area contributed by atoms with Gasteiger partial charge < -0.3 is 42.6 Å². The van der Waals surface area contributed by atoms with E-state index in [9.17, 15) is 14.4 Å². The van der Waals surface area contributed by atoms with Crippen LogP contribution >= 0.6 is 0 Å². The van der Waals surface area contributed by atoms with Crippen LogP contribution in [0, 0.1) is 16.2 Å². The number of carbonyl (C=O) groups excluding carboxylic acids is 3. The number of carbonyl (C=O) groups is 3. The number of ether oxygens (including phenoxy) is 9. The van der Waals surface area contributed by atoms with E-state index in [0.29, 0.717) is 11.3 Å². The van der Waals surface area contributed by atoms with E-state index in [1.54, 1.807) is 105 Å². The van der Waals surface area contributed by atoms with Crippen LogP contribution in [0.1, 0.15) is 73.4 Å². The smallest absolute Gasteiger partial charge is 0.321 e. The van der Waals surface area contributed by atoms with E-state index in [4.69, 9.17) is 42.6 Å². The standard InChI is InChI=1S/C38H48O12/c1-33(2)42-19-36(7,20-43-33)30(39)48-27-14-12-25(13-15-27)10-11-26-16-28(49-31(40)37(8)21-44-34(3,4)45-22-37)18-29(17-26)50-32(41)38(9)23-46-35(5,6)47-24-38/h10-18H,19-24H2,1-9H3/b11-10+. The molecule has 0 aromatic heterocycles. The molecule has 0 bridgehead atoms. The summed E-state index contributed by atoms with van der Waals surface area (Å²) in [6.07, 6.45) is 3.60. The summed E-state index contributed by atoms with van der Waals surface area (Å²) in [5, 5.41) is 0. The van der Waals surface area contributed by atoms with E-state index in [2.05, 4.69) is 0 Å².